The largest absolute Gasteiger partial charge is 0.380 e. The van der Waals surface area contributed by atoms with Crippen LogP contribution >= 0.6 is 11.8 Å². The van der Waals surface area contributed by atoms with Crippen LogP contribution in [0.5, 0.6) is 0 Å². The van der Waals surface area contributed by atoms with Crippen molar-refractivity contribution in [2.45, 2.75) is 11.5 Å². The van der Waals surface area contributed by atoms with E-state index in [2.05, 4.69) is 11.6 Å². The number of ether oxygens (including phenoxy) is 1. The average Bonchev–Trinajstić information content (AvgIpc) is 2.49. The van der Waals surface area contributed by atoms with E-state index in [4.69, 9.17) is 4.74 Å². The van der Waals surface area contributed by atoms with Crippen LogP contribution in [0.3, 0.4) is 0 Å². The zero-order valence-electron chi connectivity index (χ0n) is 12.3. The third kappa shape index (κ3) is 2.66. The van der Waals surface area contributed by atoms with Crippen LogP contribution in [0.2, 0.25) is 0 Å². The van der Waals surface area contributed by atoms with Crippen LogP contribution in [0.15, 0.2) is 33.3 Å². The number of pyridine rings is 1. The lowest BCUT2D eigenvalue weighted by atomic mass is 10.2. The van der Waals surface area contributed by atoms with Crippen molar-refractivity contribution in [1.82, 2.24) is 14.1 Å². The fraction of sp³-hybridized carbons (Fsp3) is 0.357. The van der Waals surface area contributed by atoms with Crippen molar-refractivity contribution < 1.29 is 4.74 Å². The van der Waals surface area contributed by atoms with Gasteiger partial charge in [0.1, 0.15) is 5.65 Å². The maximum Gasteiger partial charge on any atom is 0.332 e. The molecular weight excluding hydrogens is 290 g/mol. The summed E-state index contributed by atoms with van der Waals surface area (Å²) in [4.78, 5) is 29.5. The molecule has 2 heterocycles. The molecule has 0 saturated heterocycles. The predicted molar refractivity (Wildman–Crippen MR) is 83.9 cm³/mol. The van der Waals surface area contributed by atoms with Gasteiger partial charge < -0.3 is 4.74 Å². The van der Waals surface area contributed by atoms with Crippen molar-refractivity contribution in [3.63, 3.8) is 0 Å². The van der Waals surface area contributed by atoms with E-state index >= 15 is 0 Å². The van der Waals surface area contributed by atoms with Crippen LogP contribution in [0.25, 0.3) is 11.0 Å². The minimum atomic E-state index is -0.390. The van der Waals surface area contributed by atoms with E-state index in [9.17, 15) is 9.59 Å². The molecule has 0 spiro atoms. The summed E-state index contributed by atoms with van der Waals surface area (Å²) in [7, 11) is 4.66. The molecule has 0 radical (unpaired) electrons. The summed E-state index contributed by atoms with van der Waals surface area (Å²) < 4.78 is 7.64. The van der Waals surface area contributed by atoms with Crippen LogP contribution in [-0.2, 0) is 25.4 Å². The highest BCUT2D eigenvalue weighted by Crippen LogP contribution is 2.28. The second kappa shape index (κ2) is 6.28. The van der Waals surface area contributed by atoms with E-state index in [-0.39, 0.29) is 11.2 Å². The Kier molecular flexibility index (Phi) is 4.64. The van der Waals surface area contributed by atoms with E-state index in [1.165, 1.54) is 23.4 Å². The topological polar surface area (TPSA) is 66.1 Å². The van der Waals surface area contributed by atoms with E-state index in [1.807, 2.05) is 0 Å². The Bertz CT molecular complexity index is 808. The number of thioether (sulfide) groups is 1. The third-order valence-corrected chi connectivity index (χ3v) is 4.30. The molecule has 2 aromatic heterocycles. The zero-order chi connectivity index (χ0) is 15.6. The summed E-state index contributed by atoms with van der Waals surface area (Å²) in [6, 6.07) is 0. The molecule has 0 aliphatic carbocycles. The standard InChI is InChI=1S/C14H17N3O3S/c1-5-6-21-11-9(8-20-4)7-15-12-10(11)13(18)17(3)14(19)16(12)2/h5,7H,1,6,8H2,2-4H3. The first-order valence-electron chi connectivity index (χ1n) is 6.33. The SMILES string of the molecule is C=CCSc1c(COC)cnc2c1c(=O)n(C)c(=O)n2C. The summed E-state index contributed by atoms with van der Waals surface area (Å²) in [5.41, 5.74) is 0.478. The zero-order valence-corrected chi connectivity index (χ0v) is 13.1. The Morgan fingerprint density at radius 3 is 2.71 bits per heavy atom. The molecule has 0 fully saturated rings. The molecule has 0 bridgehead atoms. The van der Waals surface area contributed by atoms with Crippen molar-refractivity contribution in [2.24, 2.45) is 14.1 Å². The van der Waals surface area contributed by atoms with Gasteiger partial charge in [0.25, 0.3) is 5.56 Å². The molecule has 2 rings (SSSR count). The first kappa shape index (κ1) is 15.5. The molecule has 0 aliphatic rings. The van der Waals surface area contributed by atoms with Gasteiger partial charge in [-0.1, -0.05) is 6.08 Å². The normalized spacial score (nSPS) is 11.0. The Balaban J connectivity index is 2.90. The predicted octanol–water partition coefficient (Wildman–Crippen LogP) is 1.06. The Morgan fingerprint density at radius 1 is 1.38 bits per heavy atom. The van der Waals surface area contributed by atoms with Crippen LogP contribution in [0, 0.1) is 0 Å². The van der Waals surface area contributed by atoms with Crippen LogP contribution in [0.1, 0.15) is 5.56 Å². The third-order valence-electron chi connectivity index (χ3n) is 3.14. The highest BCUT2D eigenvalue weighted by atomic mass is 32.2. The van der Waals surface area contributed by atoms with E-state index in [0.29, 0.717) is 23.4 Å². The smallest absolute Gasteiger partial charge is 0.332 e. The molecule has 0 aliphatic heterocycles. The molecule has 2 aromatic rings. The molecule has 0 saturated carbocycles. The number of hydrogen-bond donors (Lipinski definition) is 0. The fourth-order valence-electron chi connectivity index (χ4n) is 2.11. The summed E-state index contributed by atoms with van der Waals surface area (Å²) in [6.07, 6.45) is 3.41. The Labute approximate surface area is 126 Å². The van der Waals surface area contributed by atoms with Gasteiger partial charge in [-0.15, -0.1) is 18.3 Å². The highest BCUT2D eigenvalue weighted by molar-refractivity contribution is 7.99. The van der Waals surface area contributed by atoms with E-state index in [1.54, 1.807) is 26.4 Å². The summed E-state index contributed by atoms with van der Waals surface area (Å²) in [5.74, 6) is 0.655. The average molecular weight is 307 g/mol. The quantitative estimate of drug-likeness (QED) is 0.610. The van der Waals surface area contributed by atoms with E-state index in [0.717, 1.165) is 15.0 Å². The molecule has 0 aromatic carbocycles. The van der Waals surface area contributed by atoms with Gasteiger partial charge in [-0.3, -0.25) is 13.9 Å². The lowest BCUT2D eigenvalue weighted by Gasteiger charge is -2.13. The second-order valence-electron chi connectivity index (χ2n) is 4.55. The van der Waals surface area contributed by atoms with Crippen molar-refractivity contribution >= 4 is 22.8 Å². The molecule has 112 valence electrons. The number of rotatable bonds is 5. The molecule has 0 amide bonds. The second-order valence-corrected chi connectivity index (χ2v) is 5.58. The lowest BCUT2D eigenvalue weighted by Crippen LogP contribution is -2.37. The molecule has 7 heteroatoms. The molecule has 0 N–H and O–H groups in total. The van der Waals surface area contributed by atoms with Gasteiger partial charge in [-0.05, 0) is 0 Å². The van der Waals surface area contributed by atoms with Crippen LogP contribution in [0.4, 0.5) is 0 Å². The first-order valence-corrected chi connectivity index (χ1v) is 7.31. The number of methoxy groups -OCH3 is 1. The van der Waals surface area contributed by atoms with Gasteiger partial charge in [0.05, 0.1) is 12.0 Å². The monoisotopic (exact) mass is 307 g/mol. The fourth-order valence-corrected chi connectivity index (χ4v) is 3.01. The number of aryl methyl sites for hydroxylation is 1. The van der Waals surface area contributed by atoms with Gasteiger partial charge in [0.15, 0.2) is 0 Å². The minimum absolute atomic E-state index is 0.342. The van der Waals surface area contributed by atoms with Crippen molar-refractivity contribution in [1.29, 1.82) is 0 Å². The Hall–Kier alpha value is -1.86. The molecule has 6 nitrogen and oxygen atoms in total. The maximum absolute atomic E-state index is 12.5. The van der Waals surface area contributed by atoms with Crippen molar-refractivity contribution in [2.75, 3.05) is 12.9 Å². The number of aromatic nitrogens is 3. The maximum atomic E-state index is 12.5. The minimum Gasteiger partial charge on any atom is -0.380 e. The van der Waals surface area contributed by atoms with E-state index < -0.39 is 0 Å². The number of fused-ring (bicyclic) bond motifs is 1. The van der Waals surface area contributed by atoms with Gasteiger partial charge in [0, 0.05) is 43.6 Å². The van der Waals surface area contributed by atoms with Crippen molar-refractivity contribution in [3.8, 4) is 0 Å². The molecule has 0 atom stereocenters. The van der Waals surface area contributed by atoms with Gasteiger partial charge >= 0.3 is 5.69 Å². The molecule has 0 unspecified atom stereocenters. The number of nitrogens with zero attached hydrogens (tertiary/aromatic N) is 3. The van der Waals surface area contributed by atoms with Crippen molar-refractivity contribution in [3.05, 3.63) is 45.3 Å². The number of hydrogen-bond acceptors (Lipinski definition) is 5. The van der Waals surface area contributed by atoms with Crippen LogP contribution < -0.4 is 11.2 Å². The first-order chi connectivity index (χ1) is 10.0. The van der Waals surface area contributed by atoms with Gasteiger partial charge in [-0.25, -0.2) is 9.78 Å². The van der Waals surface area contributed by atoms with Gasteiger partial charge in [0.2, 0.25) is 0 Å². The summed E-state index contributed by atoms with van der Waals surface area (Å²) >= 11 is 1.49. The lowest BCUT2D eigenvalue weighted by molar-refractivity contribution is 0.183. The van der Waals surface area contributed by atoms with Crippen LogP contribution in [-0.4, -0.2) is 27.0 Å². The summed E-state index contributed by atoms with van der Waals surface area (Å²) in [5, 5.41) is 0.445. The summed E-state index contributed by atoms with van der Waals surface area (Å²) in [6.45, 7) is 4.05. The Morgan fingerprint density at radius 2 is 2.10 bits per heavy atom. The molecule has 21 heavy (non-hydrogen) atoms. The highest BCUT2D eigenvalue weighted by Gasteiger charge is 2.17. The molecular formula is C14H17N3O3S. The van der Waals surface area contributed by atoms with Gasteiger partial charge in [-0.2, -0.15) is 0 Å².